The van der Waals surface area contributed by atoms with Crippen LogP contribution in [0.1, 0.15) is 29.4 Å². The molecule has 1 amide bonds. The normalized spacial score (nSPS) is 11.7. The molecule has 1 heterocycles. The molecule has 1 aromatic carbocycles. The lowest BCUT2D eigenvalue weighted by atomic mass is 10.1. The molecule has 0 fully saturated rings. The van der Waals surface area contributed by atoms with Gasteiger partial charge in [-0.25, -0.2) is 4.79 Å². The topological polar surface area (TPSA) is 60.3 Å². The van der Waals surface area contributed by atoms with E-state index in [1.54, 1.807) is 29.9 Å². The Morgan fingerprint density at radius 2 is 1.91 bits per heavy atom. The van der Waals surface area contributed by atoms with Crippen LogP contribution >= 0.6 is 0 Å². The minimum Gasteiger partial charge on any atom is -0.451 e. The van der Waals surface area contributed by atoms with Crippen LogP contribution in [0.25, 0.3) is 0 Å². The number of aryl methyl sites for hydroxylation is 2. The molecule has 1 aromatic heterocycles. The number of esters is 1. The minimum absolute atomic E-state index is 0.0245. The van der Waals surface area contributed by atoms with Crippen molar-refractivity contribution in [2.24, 2.45) is 7.05 Å². The van der Waals surface area contributed by atoms with Crippen molar-refractivity contribution >= 4 is 11.9 Å². The number of carbonyl (C=O) groups is 2. The lowest BCUT2D eigenvalue weighted by Gasteiger charge is -2.14. The summed E-state index contributed by atoms with van der Waals surface area (Å²) >= 11 is 0. The van der Waals surface area contributed by atoms with Crippen LogP contribution in [0.4, 0.5) is 0 Å². The van der Waals surface area contributed by atoms with Crippen LogP contribution in [-0.4, -0.2) is 29.1 Å². The Morgan fingerprint density at radius 3 is 2.57 bits per heavy atom. The number of nitrogens with zero attached hydrogens (tertiary/aromatic N) is 1. The highest BCUT2D eigenvalue weighted by Crippen LogP contribution is 2.05. The summed E-state index contributed by atoms with van der Waals surface area (Å²) in [5.41, 5.74) is 1.67. The molecule has 122 valence electrons. The third-order valence-electron chi connectivity index (χ3n) is 3.60. The lowest BCUT2D eigenvalue weighted by Crippen LogP contribution is -2.36. The maximum atomic E-state index is 11.8. The van der Waals surface area contributed by atoms with E-state index in [-0.39, 0.29) is 18.6 Å². The average Bonchev–Trinajstić information content (AvgIpc) is 2.98. The Bertz CT molecular complexity index is 649. The summed E-state index contributed by atoms with van der Waals surface area (Å²) < 4.78 is 6.68. The van der Waals surface area contributed by atoms with E-state index in [0.29, 0.717) is 5.69 Å². The van der Waals surface area contributed by atoms with Crippen LogP contribution in [0.3, 0.4) is 0 Å². The first-order valence-corrected chi connectivity index (χ1v) is 7.68. The third kappa shape index (κ3) is 5.29. The van der Waals surface area contributed by atoms with Crippen molar-refractivity contribution in [3.8, 4) is 0 Å². The van der Waals surface area contributed by atoms with E-state index in [0.717, 1.165) is 12.8 Å². The second-order valence-corrected chi connectivity index (χ2v) is 5.57. The Labute approximate surface area is 136 Å². The first-order chi connectivity index (χ1) is 11.1. The molecule has 2 rings (SSSR count). The summed E-state index contributed by atoms with van der Waals surface area (Å²) in [6.45, 7) is 1.68. The molecule has 0 bridgehead atoms. The molecule has 0 unspecified atom stereocenters. The van der Waals surface area contributed by atoms with E-state index < -0.39 is 5.97 Å². The molecule has 0 saturated carbocycles. The number of rotatable bonds is 7. The van der Waals surface area contributed by atoms with Crippen molar-refractivity contribution in [1.82, 2.24) is 9.88 Å². The molecule has 0 saturated heterocycles. The zero-order valence-electron chi connectivity index (χ0n) is 13.5. The van der Waals surface area contributed by atoms with Crippen LogP contribution in [0.15, 0.2) is 48.7 Å². The Kier molecular flexibility index (Phi) is 5.97. The predicted octanol–water partition coefficient (Wildman–Crippen LogP) is 2.32. The first-order valence-electron chi connectivity index (χ1n) is 7.68. The fraction of sp³-hybridized carbons (Fsp3) is 0.333. The van der Waals surface area contributed by atoms with Gasteiger partial charge in [-0.3, -0.25) is 4.79 Å². The van der Waals surface area contributed by atoms with Gasteiger partial charge < -0.3 is 14.6 Å². The molecule has 23 heavy (non-hydrogen) atoms. The highest BCUT2D eigenvalue weighted by molar-refractivity contribution is 5.89. The highest BCUT2D eigenvalue weighted by Gasteiger charge is 2.14. The smallest absolute Gasteiger partial charge is 0.355 e. The maximum absolute atomic E-state index is 11.8. The number of amides is 1. The third-order valence-corrected chi connectivity index (χ3v) is 3.60. The number of aromatic nitrogens is 1. The van der Waals surface area contributed by atoms with Crippen LogP contribution in [-0.2, 0) is 23.0 Å². The number of ether oxygens (including phenoxy) is 1. The average molecular weight is 314 g/mol. The second kappa shape index (κ2) is 8.17. The number of benzene rings is 1. The van der Waals surface area contributed by atoms with E-state index >= 15 is 0 Å². The van der Waals surface area contributed by atoms with Crippen molar-refractivity contribution in [3.05, 3.63) is 59.9 Å². The zero-order valence-corrected chi connectivity index (χ0v) is 13.5. The quantitative estimate of drug-likeness (QED) is 0.798. The number of hydrogen-bond acceptors (Lipinski definition) is 3. The van der Waals surface area contributed by atoms with E-state index in [1.165, 1.54) is 5.56 Å². The SMILES string of the molecule is C[C@H](CCc1ccccc1)NC(=O)COC(=O)c1cccn1C. The molecular formula is C18H22N2O3. The van der Waals surface area contributed by atoms with Crippen molar-refractivity contribution < 1.29 is 14.3 Å². The van der Waals surface area contributed by atoms with Crippen LogP contribution in [0, 0.1) is 0 Å². The van der Waals surface area contributed by atoms with Crippen LogP contribution in [0.2, 0.25) is 0 Å². The summed E-state index contributed by atoms with van der Waals surface area (Å²) in [6.07, 6.45) is 3.48. The largest absolute Gasteiger partial charge is 0.451 e. The van der Waals surface area contributed by atoms with Gasteiger partial charge in [-0.15, -0.1) is 0 Å². The van der Waals surface area contributed by atoms with Gasteiger partial charge in [-0.1, -0.05) is 30.3 Å². The van der Waals surface area contributed by atoms with E-state index in [2.05, 4.69) is 17.4 Å². The molecule has 2 aromatic rings. The Hall–Kier alpha value is -2.56. The van der Waals surface area contributed by atoms with Gasteiger partial charge in [0.1, 0.15) is 5.69 Å². The fourth-order valence-electron chi connectivity index (χ4n) is 2.29. The standard InChI is InChI=1S/C18H22N2O3/c1-14(10-11-15-7-4-3-5-8-15)19-17(21)13-23-18(22)16-9-6-12-20(16)2/h3-9,12,14H,10-11,13H2,1-2H3,(H,19,21)/t14-/m1/s1. The van der Waals surface area contributed by atoms with Gasteiger partial charge in [-0.2, -0.15) is 0 Å². The molecule has 5 nitrogen and oxygen atoms in total. The lowest BCUT2D eigenvalue weighted by molar-refractivity contribution is -0.124. The van der Waals surface area contributed by atoms with Gasteiger partial charge in [0.05, 0.1) is 0 Å². The van der Waals surface area contributed by atoms with Gasteiger partial charge in [0.2, 0.25) is 0 Å². The highest BCUT2D eigenvalue weighted by atomic mass is 16.5. The molecule has 0 aliphatic rings. The van der Waals surface area contributed by atoms with Gasteiger partial charge in [0, 0.05) is 19.3 Å². The van der Waals surface area contributed by atoms with Gasteiger partial charge >= 0.3 is 5.97 Å². The predicted molar refractivity (Wildman–Crippen MR) is 88.1 cm³/mol. The summed E-state index contributed by atoms with van der Waals surface area (Å²) in [5.74, 6) is -0.780. The maximum Gasteiger partial charge on any atom is 0.355 e. The summed E-state index contributed by atoms with van der Waals surface area (Å²) in [5, 5.41) is 2.84. The molecule has 5 heteroatoms. The first kappa shape index (κ1) is 16.8. The number of carbonyl (C=O) groups excluding carboxylic acids is 2. The molecule has 1 N–H and O–H groups in total. The fourth-order valence-corrected chi connectivity index (χ4v) is 2.29. The number of hydrogen-bond donors (Lipinski definition) is 1. The van der Waals surface area contributed by atoms with Gasteiger partial charge in [0.15, 0.2) is 6.61 Å². The monoisotopic (exact) mass is 314 g/mol. The molecule has 0 aliphatic heterocycles. The van der Waals surface area contributed by atoms with E-state index in [9.17, 15) is 9.59 Å². The summed E-state index contributed by atoms with van der Waals surface area (Å²) in [7, 11) is 1.75. The Balaban J connectivity index is 1.70. The molecule has 0 spiro atoms. The molecule has 0 aliphatic carbocycles. The van der Waals surface area contributed by atoms with Crippen molar-refractivity contribution in [3.63, 3.8) is 0 Å². The van der Waals surface area contributed by atoms with Crippen LogP contribution < -0.4 is 5.32 Å². The number of nitrogens with one attached hydrogen (secondary N) is 1. The summed E-state index contributed by atoms with van der Waals surface area (Å²) in [6, 6.07) is 13.5. The molecule has 0 radical (unpaired) electrons. The van der Waals surface area contributed by atoms with Crippen molar-refractivity contribution in [2.45, 2.75) is 25.8 Å². The van der Waals surface area contributed by atoms with Gasteiger partial charge in [-0.05, 0) is 37.5 Å². The minimum atomic E-state index is -0.496. The van der Waals surface area contributed by atoms with Crippen LogP contribution in [0.5, 0.6) is 0 Å². The zero-order chi connectivity index (χ0) is 16.7. The van der Waals surface area contributed by atoms with E-state index in [4.69, 9.17) is 4.74 Å². The van der Waals surface area contributed by atoms with Crippen molar-refractivity contribution in [2.75, 3.05) is 6.61 Å². The van der Waals surface area contributed by atoms with Gasteiger partial charge in [0.25, 0.3) is 5.91 Å². The Morgan fingerprint density at radius 1 is 1.17 bits per heavy atom. The molecular weight excluding hydrogens is 292 g/mol. The van der Waals surface area contributed by atoms with E-state index in [1.807, 2.05) is 25.1 Å². The summed E-state index contributed by atoms with van der Waals surface area (Å²) in [4.78, 5) is 23.6. The second-order valence-electron chi connectivity index (χ2n) is 5.57. The van der Waals surface area contributed by atoms with Crippen molar-refractivity contribution in [1.29, 1.82) is 0 Å². The molecule has 1 atom stereocenters.